The van der Waals surface area contributed by atoms with Crippen LogP contribution in [0.3, 0.4) is 0 Å². The zero-order valence-electron chi connectivity index (χ0n) is 9.51. The van der Waals surface area contributed by atoms with Crippen LogP contribution in [0, 0.1) is 10.8 Å². The van der Waals surface area contributed by atoms with Gasteiger partial charge in [0.1, 0.15) is 6.10 Å². The summed E-state index contributed by atoms with van der Waals surface area (Å²) >= 11 is 0. The number of ketones is 1. The molecule has 0 radical (unpaired) electrons. The summed E-state index contributed by atoms with van der Waals surface area (Å²) < 4.78 is 5.28. The van der Waals surface area contributed by atoms with Gasteiger partial charge in [0.05, 0.1) is 10.8 Å². The van der Waals surface area contributed by atoms with Crippen LogP contribution in [0.2, 0.25) is 0 Å². The van der Waals surface area contributed by atoms with Crippen molar-refractivity contribution in [3.63, 3.8) is 0 Å². The molecule has 0 aromatic rings. The normalized spacial score (nSPS) is 24.2. The third-order valence-electron chi connectivity index (χ3n) is 3.02. The average molecular weight is 198 g/mol. The minimum atomic E-state index is -0.520. The molecule has 1 aliphatic carbocycles. The smallest absolute Gasteiger partial charge is 0.305 e. The lowest BCUT2D eigenvalue weighted by atomic mass is 9.52. The summed E-state index contributed by atoms with van der Waals surface area (Å²) in [7, 11) is 0. The first-order valence-electron chi connectivity index (χ1n) is 4.99. The fourth-order valence-corrected chi connectivity index (χ4v) is 2.40. The van der Waals surface area contributed by atoms with Crippen LogP contribution < -0.4 is 0 Å². The van der Waals surface area contributed by atoms with Crippen LogP contribution in [-0.2, 0) is 14.3 Å². The molecule has 0 aromatic heterocycles. The monoisotopic (exact) mass is 198 g/mol. The number of rotatable bonds is 2. The quantitative estimate of drug-likeness (QED) is 0.637. The molecule has 0 heterocycles. The molecule has 0 aliphatic heterocycles. The second-order valence-corrected chi connectivity index (χ2v) is 5.00. The minimum Gasteiger partial charge on any atom is -0.460 e. The van der Waals surface area contributed by atoms with E-state index in [1.54, 1.807) is 6.92 Å². The summed E-state index contributed by atoms with van der Waals surface area (Å²) in [6, 6.07) is 0. The van der Waals surface area contributed by atoms with Crippen molar-refractivity contribution in [2.24, 2.45) is 10.8 Å². The predicted molar refractivity (Wildman–Crippen MR) is 52.7 cm³/mol. The number of Topliss-reactive ketones (excluding diaryl/α,β-unsaturated/α-hetero) is 1. The Kier molecular flexibility index (Phi) is 2.46. The Balaban J connectivity index is 2.79. The highest BCUT2D eigenvalue weighted by Gasteiger charge is 2.63. The standard InChI is InChI=1S/C11H18O3/c1-6-7(12)14-9-10(2,3)8(13)11(9,4)5/h9H,6H2,1-5H3. The van der Waals surface area contributed by atoms with Crippen molar-refractivity contribution in [2.75, 3.05) is 0 Å². The van der Waals surface area contributed by atoms with Gasteiger partial charge < -0.3 is 4.74 Å². The third-order valence-corrected chi connectivity index (χ3v) is 3.02. The molecule has 1 fully saturated rings. The van der Waals surface area contributed by atoms with Crippen molar-refractivity contribution >= 4 is 11.8 Å². The molecule has 0 N–H and O–H groups in total. The molecule has 1 aliphatic rings. The summed E-state index contributed by atoms with van der Waals surface area (Å²) in [5.41, 5.74) is -1.04. The fourth-order valence-electron chi connectivity index (χ4n) is 2.40. The maximum Gasteiger partial charge on any atom is 0.305 e. The maximum absolute atomic E-state index is 11.7. The fraction of sp³-hybridized carbons (Fsp3) is 0.818. The lowest BCUT2D eigenvalue weighted by molar-refractivity contribution is -0.198. The van der Waals surface area contributed by atoms with Crippen LogP contribution in [0.5, 0.6) is 0 Å². The zero-order valence-corrected chi connectivity index (χ0v) is 9.51. The third kappa shape index (κ3) is 1.35. The van der Waals surface area contributed by atoms with E-state index >= 15 is 0 Å². The highest BCUT2D eigenvalue weighted by atomic mass is 16.5. The van der Waals surface area contributed by atoms with Crippen molar-refractivity contribution in [2.45, 2.75) is 47.1 Å². The van der Waals surface area contributed by atoms with Crippen LogP contribution in [-0.4, -0.2) is 17.9 Å². The highest BCUT2D eigenvalue weighted by molar-refractivity contribution is 5.97. The molecule has 3 heteroatoms. The van der Waals surface area contributed by atoms with Gasteiger partial charge in [-0.25, -0.2) is 0 Å². The highest BCUT2D eigenvalue weighted by Crippen LogP contribution is 2.51. The Hall–Kier alpha value is -0.860. The molecule has 14 heavy (non-hydrogen) atoms. The lowest BCUT2D eigenvalue weighted by Gasteiger charge is -2.53. The number of carbonyl (C=O) groups excluding carboxylic acids is 2. The number of esters is 1. The van der Waals surface area contributed by atoms with Gasteiger partial charge in [0, 0.05) is 6.42 Å². The van der Waals surface area contributed by atoms with E-state index in [1.165, 1.54) is 0 Å². The van der Waals surface area contributed by atoms with Crippen molar-refractivity contribution < 1.29 is 14.3 Å². The second-order valence-electron chi connectivity index (χ2n) is 5.00. The van der Waals surface area contributed by atoms with Crippen LogP contribution in [0.25, 0.3) is 0 Å². The second kappa shape index (κ2) is 3.07. The van der Waals surface area contributed by atoms with E-state index in [1.807, 2.05) is 27.7 Å². The Morgan fingerprint density at radius 1 is 1.29 bits per heavy atom. The molecule has 0 bridgehead atoms. The molecule has 0 unspecified atom stereocenters. The van der Waals surface area contributed by atoms with E-state index in [0.29, 0.717) is 6.42 Å². The van der Waals surface area contributed by atoms with E-state index in [2.05, 4.69) is 0 Å². The molecular formula is C11H18O3. The summed E-state index contributed by atoms with van der Waals surface area (Å²) in [6.07, 6.45) is 0.0755. The van der Waals surface area contributed by atoms with E-state index in [0.717, 1.165) is 0 Å². The first kappa shape index (κ1) is 11.2. The number of hydrogen-bond donors (Lipinski definition) is 0. The predicted octanol–water partition coefficient (Wildman–Crippen LogP) is 1.94. The van der Waals surface area contributed by atoms with Gasteiger partial charge in [0.25, 0.3) is 0 Å². The van der Waals surface area contributed by atoms with Gasteiger partial charge in [-0.3, -0.25) is 9.59 Å². The summed E-state index contributed by atoms with van der Waals surface area (Å²) in [4.78, 5) is 22.9. The molecule has 3 nitrogen and oxygen atoms in total. The molecule has 0 aromatic carbocycles. The van der Waals surface area contributed by atoms with Gasteiger partial charge >= 0.3 is 5.97 Å². The lowest BCUT2D eigenvalue weighted by Crippen LogP contribution is -2.65. The number of hydrogen-bond acceptors (Lipinski definition) is 3. The topological polar surface area (TPSA) is 43.4 Å². The van der Waals surface area contributed by atoms with Gasteiger partial charge in [-0.2, -0.15) is 0 Å². The minimum absolute atomic E-state index is 0.166. The largest absolute Gasteiger partial charge is 0.460 e. The van der Waals surface area contributed by atoms with Gasteiger partial charge in [0.2, 0.25) is 0 Å². The van der Waals surface area contributed by atoms with Crippen LogP contribution in [0.1, 0.15) is 41.0 Å². The average Bonchev–Trinajstić information content (AvgIpc) is 2.11. The molecule has 1 saturated carbocycles. The first-order valence-corrected chi connectivity index (χ1v) is 4.99. The van der Waals surface area contributed by atoms with Gasteiger partial charge in [-0.1, -0.05) is 6.92 Å². The first-order chi connectivity index (χ1) is 6.24. The van der Waals surface area contributed by atoms with E-state index in [-0.39, 0.29) is 17.9 Å². The molecule has 0 spiro atoms. The number of carbonyl (C=O) groups is 2. The molecule has 0 amide bonds. The van der Waals surface area contributed by atoms with Crippen molar-refractivity contribution in [1.82, 2.24) is 0 Å². The maximum atomic E-state index is 11.7. The van der Waals surface area contributed by atoms with E-state index < -0.39 is 10.8 Å². The van der Waals surface area contributed by atoms with Gasteiger partial charge in [-0.15, -0.1) is 0 Å². The Bertz CT molecular complexity index is 258. The van der Waals surface area contributed by atoms with Crippen molar-refractivity contribution in [3.05, 3.63) is 0 Å². The SMILES string of the molecule is CCC(=O)OC1C(C)(C)C(=O)C1(C)C. The number of ether oxygens (including phenoxy) is 1. The van der Waals surface area contributed by atoms with Gasteiger partial charge in [-0.05, 0) is 27.7 Å². The van der Waals surface area contributed by atoms with Crippen molar-refractivity contribution in [1.29, 1.82) is 0 Å². The zero-order chi connectivity index (χ0) is 11.1. The van der Waals surface area contributed by atoms with E-state index in [9.17, 15) is 9.59 Å². The summed E-state index contributed by atoms with van der Waals surface area (Å²) in [5.74, 6) is -0.0671. The molecule has 80 valence electrons. The Morgan fingerprint density at radius 2 is 1.71 bits per heavy atom. The van der Waals surface area contributed by atoms with Crippen molar-refractivity contribution in [3.8, 4) is 0 Å². The van der Waals surface area contributed by atoms with Crippen LogP contribution >= 0.6 is 0 Å². The van der Waals surface area contributed by atoms with E-state index in [4.69, 9.17) is 4.74 Å². The summed E-state index contributed by atoms with van der Waals surface area (Å²) in [6.45, 7) is 9.06. The van der Waals surface area contributed by atoms with Gasteiger partial charge in [0.15, 0.2) is 5.78 Å². The molecular weight excluding hydrogens is 180 g/mol. The Morgan fingerprint density at radius 3 is 2.07 bits per heavy atom. The van der Waals surface area contributed by atoms with Crippen LogP contribution in [0.15, 0.2) is 0 Å². The molecule has 0 saturated heterocycles. The Labute approximate surface area is 84.8 Å². The van der Waals surface area contributed by atoms with Crippen LogP contribution in [0.4, 0.5) is 0 Å². The molecule has 1 rings (SSSR count). The molecule has 0 atom stereocenters. The summed E-state index contributed by atoms with van der Waals surface area (Å²) in [5, 5.41) is 0.